The summed E-state index contributed by atoms with van der Waals surface area (Å²) in [6.45, 7) is 5.19. The molecular weight excluding hydrogens is 328 g/mol. The van der Waals surface area contributed by atoms with E-state index in [1.165, 1.54) is 0 Å². The van der Waals surface area contributed by atoms with Crippen LogP contribution in [-0.2, 0) is 0 Å². The Labute approximate surface area is 152 Å². The Kier molecular flexibility index (Phi) is 4.32. The fraction of sp³-hybridized carbons (Fsp3) is 0.350. The first kappa shape index (κ1) is 16.6. The molecule has 3 aromatic heterocycles. The van der Waals surface area contributed by atoms with Crippen molar-refractivity contribution in [1.82, 2.24) is 19.3 Å². The van der Waals surface area contributed by atoms with Crippen LogP contribution in [0.5, 0.6) is 5.88 Å². The molecule has 1 aliphatic rings. The van der Waals surface area contributed by atoms with Crippen LogP contribution < -0.4 is 4.74 Å². The van der Waals surface area contributed by atoms with Gasteiger partial charge in [-0.3, -0.25) is 4.79 Å². The molecule has 6 nitrogen and oxygen atoms in total. The lowest BCUT2D eigenvalue weighted by atomic mass is 10.1. The highest BCUT2D eigenvalue weighted by Crippen LogP contribution is 2.20. The maximum Gasteiger partial charge on any atom is 0.255 e. The summed E-state index contributed by atoms with van der Waals surface area (Å²) >= 11 is 0. The van der Waals surface area contributed by atoms with Crippen molar-refractivity contribution >= 4 is 11.4 Å². The number of rotatable bonds is 3. The molecule has 0 radical (unpaired) electrons. The molecule has 0 unspecified atom stereocenters. The Bertz CT molecular complexity index is 889. The first-order valence-electron chi connectivity index (χ1n) is 8.93. The Hall–Kier alpha value is -2.89. The molecule has 0 spiro atoms. The maximum absolute atomic E-state index is 12.8. The van der Waals surface area contributed by atoms with Gasteiger partial charge < -0.3 is 14.0 Å². The number of carbonyl (C=O) groups excluding carboxylic acids is 1. The van der Waals surface area contributed by atoms with Gasteiger partial charge in [0.2, 0.25) is 5.88 Å². The summed E-state index contributed by atoms with van der Waals surface area (Å²) in [5.41, 5.74) is 2.67. The topological polar surface area (TPSA) is 59.7 Å². The number of pyridine rings is 1. The van der Waals surface area contributed by atoms with Crippen LogP contribution in [0.2, 0.25) is 0 Å². The van der Waals surface area contributed by atoms with Crippen LogP contribution in [0.4, 0.5) is 0 Å². The largest absolute Gasteiger partial charge is 0.474 e. The van der Waals surface area contributed by atoms with E-state index >= 15 is 0 Å². The Morgan fingerprint density at radius 2 is 1.96 bits per heavy atom. The van der Waals surface area contributed by atoms with Crippen molar-refractivity contribution < 1.29 is 9.53 Å². The van der Waals surface area contributed by atoms with Gasteiger partial charge in [-0.05, 0) is 32.0 Å². The molecule has 1 saturated heterocycles. The highest BCUT2D eigenvalue weighted by atomic mass is 16.5. The molecule has 4 heterocycles. The van der Waals surface area contributed by atoms with Crippen LogP contribution in [0.25, 0.3) is 5.52 Å². The van der Waals surface area contributed by atoms with Gasteiger partial charge in [0.1, 0.15) is 11.9 Å². The molecule has 1 aliphatic heterocycles. The van der Waals surface area contributed by atoms with Gasteiger partial charge in [0.15, 0.2) is 0 Å². The Morgan fingerprint density at radius 1 is 1.15 bits per heavy atom. The molecule has 0 N–H and O–H groups in total. The van der Waals surface area contributed by atoms with Crippen LogP contribution in [0.1, 0.15) is 34.7 Å². The third kappa shape index (κ3) is 3.40. The van der Waals surface area contributed by atoms with Crippen LogP contribution in [0.3, 0.4) is 0 Å². The second kappa shape index (κ2) is 6.78. The minimum absolute atomic E-state index is 0.0841. The molecule has 0 bridgehead atoms. The van der Waals surface area contributed by atoms with Crippen molar-refractivity contribution in [3.63, 3.8) is 0 Å². The number of nitrogens with zero attached hydrogens (tertiary/aromatic N) is 4. The van der Waals surface area contributed by atoms with E-state index in [-0.39, 0.29) is 12.0 Å². The monoisotopic (exact) mass is 350 g/mol. The van der Waals surface area contributed by atoms with Crippen molar-refractivity contribution in [2.24, 2.45) is 0 Å². The zero-order valence-electron chi connectivity index (χ0n) is 15.1. The normalized spacial score (nSPS) is 15.4. The average Bonchev–Trinajstić information content (AvgIpc) is 3.05. The van der Waals surface area contributed by atoms with Crippen molar-refractivity contribution in [1.29, 1.82) is 0 Å². The smallest absolute Gasteiger partial charge is 0.255 e. The number of carbonyl (C=O) groups is 1. The van der Waals surface area contributed by atoms with Crippen molar-refractivity contribution in [2.45, 2.75) is 32.8 Å². The molecule has 0 aliphatic carbocycles. The van der Waals surface area contributed by atoms with Crippen molar-refractivity contribution in [2.75, 3.05) is 13.1 Å². The van der Waals surface area contributed by atoms with Gasteiger partial charge >= 0.3 is 0 Å². The molecule has 0 aromatic carbocycles. The molecule has 134 valence electrons. The van der Waals surface area contributed by atoms with Crippen LogP contribution in [0, 0.1) is 13.8 Å². The summed E-state index contributed by atoms with van der Waals surface area (Å²) < 4.78 is 7.98. The molecular formula is C20H22N4O2. The molecule has 1 amide bonds. The number of ether oxygens (including phenoxy) is 1. The predicted molar refractivity (Wildman–Crippen MR) is 98.5 cm³/mol. The van der Waals surface area contributed by atoms with Gasteiger partial charge in [-0.1, -0.05) is 6.07 Å². The molecule has 6 heteroatoms. The van der Waals surface area contributed by atoms with E-state index in [1.54, 1.807) is 0 Å². The summed E-state index contributed by atoms with van der Waals surface area (Å²) in [5, 5.41) is 0. The van der Waals surface area contributed by atoms with E-state index in [9.17, 15) is 4.79 Å². The van der Waals surface area contributed by atoms with Gasteiger partial charge in [-0.2, -0.15) is 4.98 Å². The van der Waals surface area contributed by atoms with Gasteiger partial charge in [-0.25, -0.2) is 4.98 Å². The maximum atomic E-state index is 12.8. The fourth-order valence-corrected chi connectivity index (χ4v) is 3.45. The van der Waals surface area contributed by atoms with Crippen LogP contribution in [0.15, 0.2) is 42.7 Å². The van der Waals surface area contributed by atoms with Gasteiger partial charge in [0, 0.05) is 55.6 Å². The minimum Gasteiger partial charge on any atom is -0.474 e. The lowest BCUT2D eigenvalue weighted by Gasteiger charge is -2.31. The van der Waals surface area contributed by atoms with E-state index in [0.29, 0.717) is 24.8 Å². The lowest BCUT2D eigenvalue weighted by Crippen LogP contribution is -2.41. The number of amides is 1. The second-order valence-electron chi connectivity index (χ2n) is 6.77. The molecule has 0 saturated carbocycles. The first-order chi connectivity index (χ1) is 12.6. The molecule has 26 heavy (non-hydrogen) atoms. The van der Waals surface area contributed by atoms with E-state index in [0.717, 1.165) is 29.6 Å². The Balaban J connectivity index is 1.39. The average molecular weight is 350 g/mol. The Morgan fingerprint density at radius 3 is 2.69 bits per heavy atom. The first-order valence-corrected chi connectivity index (χ1v) is 8.93. The van der Waals surface area contributed by atoms with E-state index in [1.807, 2.05) is 65.9 Å². The quantitative estimate of drug-likeness (QED) is 0.728. The van der Waals surface area contributed by atoms with Gasteiger partial charge in [-0.15, -0.1) is 0 Å². The van der Waals surface area contributed by atoms with Crippen LogP contribution in [-0.4, -0.2) is 44.4 Å². The SMILES string of the molecule is Cc1cc(OC2CCN(C(=O)c3cc4ccccn4c3)CC2)nc(C)n1. The van der Waals surface area contributed by atoms with E-state index in [2.05, 4.69) is 9.97 Å². The van der Waals surface area contributed by atoms with E-state index in [4.69, 9.17) is 4.74 Å². The predicted octanol–water partition coefficient (Wildman–Crippen LogP) is 3.03. The number of aromatic nitrogens is 3. The summed E-state index contributed by atoms with van der Waals surface area (Å²) in [6, 6.07) is 9.74. The molecule has 4 rings (SSSR count). The third-order valence-corrected chi connectivity index (χ3v) is 4.71. The standard InChI is InChI=1S/C20H22N4O2/c1-14-11-19(22-15(2)21-14)26-18-6-9-23(10-7-18)20(25)16-12-17-5-3-4-8-24(17)13-16/h3-5,8,11-13,18H,6-7,9-10H2,1-2H3. The number of likely N-dealkylation sites (tertiary alicyclic amines) is 1. The second-order valence-corrected chi connectivity index (χ2v) is 6.77. The molecule has 1 fully saturated rings. The summed E-state index contributed by atoms with van der Waals surface area (Å²) in [5.74, 6) is 1.42. The van der Waals surface area contributed by atoms with Crippen LogP contribution >= 0.6 is 0 Å². The molecule has 0 atom stereocenters. The fourth-order valence-electron chi connectivity index (χ4n) is 3.45. The van der Waals surface area contributed by atoms with Crippen molar-refractivity contribution in [3.05, 3.63) is 59.8 Å². The van der Waals surface area contributed by atoms with Crippen molar-refractivity contribution in [3.8, 4) is 5.88 Å². The number of hydrogen-bond acceptors (Lipinski definition) is 4. The third-order valence-electron chi connectivity index (χ3n) is 4.71. The number of aryl methyl sites for hydroxylation is 2. The summed E-state index contributed by atoms with van der Waals surface area (Å²) in [7, 11) is 0. The van der Waals surface area contributed by atoms with Gasteiger partial charge in [0.05, 0.1) is 5.56 Å². The highest BCUT2D eigenvalue weighted by Gasteiger charge is 2.25. The lowest BCUT2D eigenvalue weighted by molar-refractivity contribution is 0.0587. The zero-order valence-corrected chi connectivity index (χ0v) is 15.1. The number of piperidine rings is 1. The summed E-state index contributed by atoms with van der Waals surface area (Å²) in [4.78, 5) is 23.3. The zero-order chi connectivity index (χ0) is 18.1. The number of hydrogen-bond donors (Lipinski definition) is 0. The van der Waals surface area contributed by atoms with E-state index < -0.39 is 0 Å². The van der Waals surface area contributed by atoms with Gasteiger partial charge in [0.25, 0.3) is 5.91 Å². The molecule has 3 aromatic rings. The summed E-state index contributed by atoms with van der Waals surface area (Å²) in [6.07, 6.45) is 5.55. The highest BCUT2D eigenvalue weighted by molar-refractivity contribution is 5.95. The number of fused-ring (bicyclic) bond motifs is 1. The minimum atomic E-state index is 0.0841.